The van der Waals surface area contributed by atoms with Crippen molar-refractivity contribution in [2.75, 3.05) is 13.7 Å². The van der Waals surface area contributed by atoms with Crippen LogP contribution in [-0.2, 0) is 6.54 Å². The molecular weight excluding hydrogens is 316 g/mol. The lowest BCUT2D eigenvalue weighted by molar-refractivity contribution is 0.237. The molecule has 1 aliphatic heterocycles. The molecule has 1 aliphatic rings. The van der Waals surface area contributed by atoms with Gasteiger partial charge in [0.1, 0.15) is 17.2 Å². The number of hydrogen-bond donors (Lipinski definition) is 1. The first-order valence-electron chi connectivity index (χ1n) is 8.58. The number of nitrogens with zero attached hydrogens (tertiary/aromatic N) is 3. The number of likely N-dealkylation sites (tertiary alicyclic amines) is 1. The Morgan fingerprint density at radius 3 is 3.08 bits per heavy atom. The Labute approximate surface area is 146 Å². The number of benzene rings is 1. The number of H-pyrrole nitrogens is 1. The molecule has 25 heavy (non-hydrogen) atoms. The minimum atomic E-state index is 0.311. The predicted molar refractivity (Wildman–Crippen MR) is 94.2 cm³/mol. The van der Waals surface area contributed by atoms with E-state index in [1.54, 1.807) is 7.11 Å². The van der Waals surface area contributed by atoms with Gasteiger partial charge in [-0.1, -0.05) is 17.3 Å². The van der Waals surface area contributed by atoms with E-state index >= 15 is 0 Å². The van der Waals surface area contributed by atoms with Gasteiger partial charge in [0.15, 0.2) is 0 Å². The summed E-state index contributed by atoms with van der Waals surface area (Å²) in [5, 5.41) is 11.6. The van der Waals surface area contributed by atoms with Crippen molar-refractivity contribution in [2.45, 2.75) is 32.4 Å². The van der Waals surface area contributed by atoms with Crippen LogP contribution in [0.25, 0.3) is 11.3 Å². The Bertz CT molecular complexity index is 854. The summed E-state index contributed by atoms with van der Waals surface area (Å²) >= 11 is 0. The molecule has 0 spiro atoms. The molecule has 2 aromatic heterocycles. The van der Waals surface area contributed by atoms with Crippen molar-refractivity contribution < 1.29 is 9.26 Å². The molecule has 4 rings (SSSR count). The molecule has 0 radical (unpaired) electrons. The number of aromatic nitrogens is 3. The molecule has 3 aromatic rings. The summed E-state index contributed by atoms with van der Waals surface area (Å²) < 4.78 is 10.6. The lowest BCUT2D eigenvalue weighted by Gasteiger charge is -2.22. The van der Waals surface area contributed by atoms with E-state index in [-0.39, 0.29) is 0 Å². The number of rotatable bonds is 5. The fourth-order valence-electron chi connectivity index (χ4n) is 3.57. The SMILES string of the molecule is COc1cccc(-c2[nH]ncc2CN2CCCC2c2cc(C)on2)c1. The zero-order valence-corrected chi connectivity index (χ0v) is 14.5. The third-order valence-electron chi connectivity index (χ3n) is 4.80. The third kappa shape index (κ3) is 3.17. The molecule has 1 atom stereocenters. The first kappa shape index (κ1) is 15.9. The van der Waals surface area contributed by atoms with Crippen molar-refractivity contribution in [2.24, 2.45) is 0 Å². The maximum atomic E-state index is 5.34. The number of methoxy groups -OCH3 is 1. The van der Waals surface area contributed by atoms with Gasteiger partial charge < -0.3 is 9.26 Å². The summed E-state index contributed by atoms with van der Waals surface area (Å²) in [4.78, 5) is 2.45. The summed E-state index contributed by atoms with van der Waals surface area (Å²) in [6.45, 7) is 3.83. The van der Waals surface area contributed by atoms with Gasteiger partial charge in [0.2, 0.25) is 0 Å². The van der Waals surface area contributed by atoms with Gasteiger partial charge in [0.05, 0.1) is 25.0 Å². The average molecular weight is 338 g/mol. The van der Waals surface area contributed by atoms with E-state index in [4.69, 9.17) is 9.26 Å². The molecule has 6 heteroatoms. The van der Waals surface area contributed by atoms with E-state index < -0.39 is 0 Å². The molecule has 130 valence electrons. The van der Waals surface area contributed by atoms with Crippen molar-refractivity contribution in [3.05, 3.63) is 53.5 Å². The molecule has 1 N–H and O–H groups in total. The molecule has 3 heterocycles. The highest BCUT2D eigenvalue weighted by molar-refractivity contribution is 5.64. The van der Waals surface area contributed by atoms with Crippen LogP contribution in [0.1, 0.15) is 35.9 Å². The smallest absolute Gasteiger partial charge is 0.133 e. The monoisotopic (exact) mass is 338 g/mol. The zero-order chi connectivity index (χ0) is 17.2. The van der Waals surface area contributed by atoms with Gasteiger partial charge in [-0.3, -0.25) is 10.00 Å². The summed E-state index contributed by atoms with van der Waals surface area (Å²) in [5.74, 6) is 1.71. The second kappa shape index (κ2) is 6.72. The molecule has 1 aromatic carbocycles. The van der Waals surface area contributed by atoms with E-state index in [0.29, 0.717) is 6.04 Å². The zero-order valence-electron chi connectivity index (χ0n) is 14.5. The van der Waals surface area contributed by atoms with Crippen LogP contribution in [-0.4, -0.2) is 33.9 Å². The van der Waals surface area contributed by atoms with E-state index in [2.05, 4.69) is 26.3 Å². The highest BCUT2D eigenvalue weighted by Crippen LogP contribution is 2.34. The second-order valence-corrected chi connectivity index (χ2v) is 6.49. The number of nitrogens with one attached hydrogen (secondary N) is 1. The van der Waals surface area contributed by atoms with Crippen LogP contribution in [0.2, 0.25) is 0 Å². The van der Waals surface area contributed by atoms with E-state index in [1.165, 1.54) is 12.0 Å². The van der Waals surface area contributed by atoms with Gasteiger partial charge in [0, 0.05) is 23.7 Å². The fourth-order valence-corrected chi connectivity index (χ4v) is 3.57. The number of aryl methyl sites for hydroxylation is 1. The summed E-state index contributed by atoms with van der Waals surface area (Å²) in [6.07, 6.45) is 4.19. The molecule has 1 fully saturated rings. The largest absolute Gasteiger partial charge is 0.497 e. The Morgan fingerprint density at radius 1 is 1.36 bits per heavy atom. The Balaban J connectivity index is 1.58. The van der Waals surface area contributed by atoms with Gasteiger partial charge in [0.25, 0.3) is 0 Å². The van der Waals surface area contributed by atoms with Crippen LogP contribution in [0, 0.1) is 6.92 Å². The quantitative estimate of drug-likeness (QED) is 0.768. The van der Waals surface area contributed by atoms with Crippen LogP contribution in [0.5, 0.6) is 5.75 Å². The van der Waals surface area contributed by atoms with Crippen molar-refractivity contribution in [1.29, 1.82) is 0 Å². The molecule has 1 saturated heterocycles. The lowest BCUT2D eigenvalue weighted by Crippen LogP contribution is -2.23. The Hall–Kier alpha value is -2.60. The van der Waals surface area contributed by atoms with Crippen molar-refractivity contribution in [3.63, 3.8) is 0 Å². The molecule has 6 nitrogen and oxygen atoms in total. The minimum absolute atomic E-state index is 0.311. The number of ether oxygens (including phenoxy) is 1. The normalized spacial score (nSPS) is 17.9. The van der Waals surface area contributed by atoms with Gasteiger partial charge in [-0.2, -0.15) is 5.10 Å². The Morgan fingerprint density at radius 2 is 2.28 bits per heavy atom. The summed E-state index contributed by atoms with van der Waals surface area (Å²) in [6, 6.07) is 10.4. The van der Waals surface area contributed by atoms with Gasteiger partial charge in [-0.05, 0) is 38.4 Å². The first-order chi connectivity index (χ1) is 12.2. The predicted octanol–water partition coefficient (Wildman–Crippen LogP) is 3.72. The van der Waals surface area contributed by atoms with Crippen LogP contribution < -0.4 is 4.74 Å². The maximum Gasteiger partial charge on any atom is 0.133 e. The molecule has 0 bridgehead atoms. The van der Waals surface area contributed by atoms with E-state index in [1.807, 2.05) is 37.4 Å². The standard InChI is InChI=1S/C19H22N4O2/c1-13-9-17(22-25-13)18-7-4-8-23(18)12-15-11-20-21-19(15)14-5-3-6-16(10-14)24-2/h3,5-6,9-11,18H,4,7-8,12H2,1-2H3,(H,20,21). The van der Waals surface area contributed by atoms with Gasteiger partial charge in [-0.25, -0.2) is 0 Å². The van der Waals surface area contributed by atoms with Crippen molar-refractivity contribution in [1.82, 2.24) is 20.3 Å². The fraction of sp³-hybridized carbons (Fsp3) is 0.368. The summed E-state index contributed by atoms with van der Waals surface area (Å²) in [7, 11) is 1.68. The van der Waals surface area contributed by atoms with Crippen LogP contribution >= 0.6 is 0 Å². The number of aromatic amines is 1. The van der Waals surface area contributed by atoms with Gasteiger partial charge in [-0.15, -0.1) is 0 Å². The number of hydrogen-bond acceptors (Lipinski definition) is 5. The van der Waals surface area contributed by atoms with E-state index in [9.17, 15) is 0 Å². The second-order valence-electron chi connectivity index (χ2n) is 6.49. The van der Waals surface area contributed by atoms with Crippen LogP contribution in [0.4, 0.5) is 0 Å². The highest BCUT2D eigenvalue weighted by Gasteiger charge is 2.29. The van der Waals surface area contributed by atoms with Crippen molar-refractivity contribution in [3.8, 4) is 17.0 Å². The third-order valence-corrected chi connectivity index (χ3v) is 4.80. The molecule has 0 amide bonds. The minimum Gasteiger partial charge on any atom is -0.497 e. The first-order valence-corrected chi connectivity index (χ1v) is 8.58. The Kier molecular flexibility index (Phi) is 4.28. The van der Waals surface area contributed by atoms with E-state index in [0.717, 1.165) is 48.0 Å². The maximum absolute atomic E-state index is 5.34. The molecule has 1 unspecified atom stereocenters. The average Bonchev–Trinajstić information content (AvgIpc) is 3.36. The summed E-state index contributed by atoms with van der Waals surface area (Å²) in [5.41, 5.74) is 4.34. The molecule has 0 aliphatic carbocycles. The topological polar surface area (TPSA) is 67.2 Å². The molecule has 0 saturated carbocycles. The molecular formula is C19H22N4O2. The highest BCUT2D eigenvalue weighted by atomic mass is 16.5. The van der Waals surface area contributed by atoms with Crippen molar-refractivity contribution >= 4 is 0 Å². The van der Waals surface area contributed by atoms with Crippen LogP contribution in [0.3, 0.4) is 0 Å². The van der Waals surface area contributed by atoms with Crippen LogP contribution in [0.15, 0.2) is 41.1 Å². The lowest BCUT2D eigenvalue weighted by atomic mass is 10.1. The van der Waals surface area contributed by atoms with Gasteiger partial charge >= 0.3 is 0 Å².